The van der Waals surface area contributed by atoms with Gasteiger partial charge < -0.3 is 5.11 Å². The Hall–Kier alpha value is -1.05. The Morgan fingerprint density at radius 2 is 2.00 bits per heavy atom. The van der Waals surface area contributed by atoms with Crippen LogP contribution in [0.1, 0.15) is 12.8 Å². The number of rotatable bonds is 4. The fraction of sp³-hybridized carbons (Fsp3) is 0.400. The first-order valence-corrected chi connectivity index (χ1v) is 6.47. The molecule has 1 aromatic rings. The molecular formula is C10H11F2NO3S. The normalized spacial score (nSPS) is 18.1. The third-order valence-electron chi connectivity index (χ3n) is 2.69. The predicted molar refractivity (Wildman–Crippen MR) is 55.7 cm³/mol. The van der Waals surface area contributed by atoms with Crippen LogP contribution in [0, 0.1) is 11.6 Å². The lowest BCUT2D eigenvalue weighted by atomic mass is 10.3. The number of nitrogens with one attached hydrogen (secondary N) is 1. The highest BCUT2D eigenvalue weighted by Gasteiger charge is 2.46. The van der Waals surface area contributed by atoms with Gasteiger partial charge in [0.15, 0.2) is 0 Å². The summed E-state index contributed by atoms with van der Waals surface area (Å²) in [5.41, 5.74) is -0.875. The van der Waals surface area contributed by atoms with E-state index >= 15 is 0 Å². The van der Waals surface area contributed by atoms with Crippen LogP contribution in [0.25, 0.3) is 0 Å². The minimum atomic E-state index is -4.07. The molecule has 0 atom stereocenters. The summed E-state index contributed by atoms with van der Waals surface area (Å²) in [5, 5.41) is 9.00. The van der Waals surface area contributed by atoms with Gasteiger partial charge in [0, 0.05) is 6.07 Å². The third kappa shape index (κ3) is 2.46. The third-order valence-corrected chi connectivity index (χ3v) is 4.30. The van der Waals surface area contributed by atoms with Crippen molar-refractivity contribution in [2.75, 3.05) is 6.61 Å². The summed E-state index contributed by atoms with van der Waals surface area (Å²) in [6.45, 7) is -0.338. The molecule has 0 amide bonds. The van der Waals surface area contributed by atoms with Crippen LogP contribution >= 0.6 is 0 Å². The Labute approximate surface area is 97.3 Å². The molecule has 2 N–H and O–H groups in total. The van der Waals surface area contributed by atoms with Gasteiger partial charge in [-0.25, -0.2) is 21.9 Å². The topological polar surface area (TPSA) is 66.4 Å². The summed E-state index contributed by atoms with van der Waals surface area (Å²) in [6.07, 6.45) is 1.01. The highest BCUT2D eigenvalue weighted by Crippen LogP contribution is 2.36. The van der Waals surface area contributed by atoms with Crippen molar-refractivity contribution in [2.45, 2.75) is 23.3 Å². The second kappa shape index (κ2) is 4.01. The molecule has 7 heteroatoms. The number of aliphatic hydroxyl groups excluding tert-OH is 1. The molecule has 2 rings (SSSR count). The van der Waals surface area contributed by atoms with Gasteiger partial charge in [-0.15, -0.1) is 0 Å². The zero-order chi connectivity index (χ0) is 12.7. The van der Waals surface area contributed by atoms with Crippen molar-refractivity contribution in [1.82, 2.24) is 4.72 Å². The lowest BCUT2D eigenvalue weighted by Gasteiger charge is -2.14. The molecule has 0 saturated heterocycles. The van der Waals surface area contributed by atoms with Gasteiger partial charge in [0.2, 0.25) is 10.0 Å². The second-order valence-electron chi connectivity index (χ2n) is 4.12. The van der Waals surface area contributed by atoms with E-state index in [4.69, 9.17) is 5.11 Å². The molecule has 1 saturated carbocycles. The molecule has 0 aliphatic heterocycles. The molecule has 1 aromatic carbocycles. The Morgan fingerprint density at radius 3 is 2.47 bits per heavy atom. The zero-order valence-corrected chi connectivity index (χ0v) is 9.60. The van der Waals surface area contributed by atoms with Gasteiger partial charge in [-0.3, -0.25) is 0 Å². The van der Waals surface area contributed by atoms with Gasteiger partial charge >= 0.3 is 0 Å². The van der Waals surface area contributed by atoms with Crippen LogP contribution in [0.4, 0.5) is 8.78 Å². The Morgan fingerprint density at radius 1 is 1.35 bits per heavy atom. The fourth-order valence-electron chi connectivity index (χ4n) is 1.48. The molecule has 0 bridgehead atoms. The van der Waals surface area contributed by atoms with Crippen molar-refractivity contribution >= 4 is 10.0 Å². The van der Waals surface area contributed by atoms with Gasteiger partial charge in [0.25, 0.3) is 0 Å². The van der Waals surface area contributed by atoms with Crippen molar-refractivity contribution in [3.63, 3.8) is 0 Å². The average Bonchev–Trinajstić information content (AvgIpc) is 2.97. The maximum atomic E-state index is 13.3. The van der Waals surface area contributed by atoms with Gasteiger partial charge in [-0.05, 0) is 25.0 Å². The summed E-state index contributed by atoms with van der Waals surface area (Å²) in [4.78, 5) is -0.612. The van der Waals surface area contributed by atoms with E-state index in [1.54, 1.807) is 0 Å². The van der Waals surface area contributed by atoms with Crippen molar-refractivity contribution in [1.29, 1.82) is 0 Å². The fourth-order valence-corrected chi connectivity index (χ4v) is 2.99. The standard InChI is InChI=1S/C10H11F2NO3S/c11-7-1-2-9(8(12)5-7)17(15,16)13-10(6-14)3-4-10/h1-2,5,13-14H,3-4,6H2. The number of hydrogen-bond acceptors (Lipinski definition) is 3. The zero-order valence-electron chi connectivity index (χ0n) is 8.78. The van der Waals surface area contributed by atoms with Crippen LogP contribution in [0.15, 0.2) is 23.1 Å². The molecule has 0 heterocycles. The first-order valence-electron chi connectivity index (χ1n) is 4.98. The first-order chi connectivity index (χ1) is 7.88. The molecule has 0 aromatic heterocycles. The van der Waals surface area contributed by atoms with Crippen molar-refractivity contribution in [2.24, 2.45) is 0 Å². The Balaban J connectivity index is 2.32. The quantitative estimate of drug-likeness (QED) is 0.843. The van der Waals surface area contributed by atoms with E-state index < -0.39 is 32.1 Å². The van der Waals surface area contributed by atoms with Crippen LogP contribution in [-0.2, 0) is 10.0 Å². The molecule has 1 aliphatic carbocycles. The Kier molecular flexibility index (Phi) is 2.92. The number of halogens is 2. The maximum Gasteiger partial charge on any atom is 0.244 e. The molecule has 4 nitrogen and oxygen atoms in total. The van der Waals surface area contributed by atoms with E-state index in [9.17, 15) is 17.2 Å². The Bertz CT molecular complexity index is 540. The van der Waals surface area contributed by atoms with Crippen molar-refractivity contribution in [3.05, 3.63) is 29.8 Å². The van der Waals surface area contributed by atoms with Gasteiger partial charge in [-0.1, -0.05) is 0 Å². The summed E-state index contributed by atoms with van der Waals surface area (Å²) in [6, 6.07) is 2.24. The minimum Gasteiger partial charge on any atom is -0.394 e. The monoisotopic (exact) mass is 263 g/mol. The van der Waals surface area contributed by atoms with Crippen LogP contribution in [-0.4, -0.2) is 25.7 Å². The number of benzene rings is 1. The van der Waals surface area contributed by atoms with E-state index in [1.807, 2.05) is 0 Å². The lowest BCUT2D eigenvalue weighted by molar-refractivity contribution is 0.246. The van der Waals surface area contributed by atoms with Gasteiger partial charge in [-0.2, -0.15) is 0 Å². The summed E-state index contributed by atoms with van der Waals surface area (Å²) in [5.74, 6) is -1.99. The first kappa shape index (κ1) is 12.4. The number of aliphatic hydroxyl groups is 1. The van der Waals surface area contributed by atoms with Crippen LogP contribution < -0.4 is 4.72 Å². The average molecular weight is 263 g/mol. The molecule has 1 fully saturated rings. The lowest BCUT2D eigenvalue weighted by Crippen LogP contribution is -2.39. The van der Waals surface area contributed by atoms with Gasteiger partial charge in [0.05, 0.1) is 12.1 Å². The number of sulfonamides is 1. The van der Waals surface area contributed by atoms with E-state index in [1.165, 1.54) is 0 Å². The summed E-state index contributed by atoms with van der Waals surface area (Å²) < 4.78 is 51.8. The van der Waals surface area contributed by atoms with E-state index in [2.05, 4.69) is 4.72 Å². The molecule has 17 heavy (non-hydrogen) atoms. The van der Waals surface area contributed by atoms with E-state index in [-0.39, 0.29) is 6.61 Å². The number of hydrogen-bond donors (Lipinski definition) is 2. The summed E-state index contributed by atoms with van der Waals surface area (Å²) in [7, 11) is -4.07. The molecule has 0 unspecified atom stereocenters. The van der Waals surface area contributed by atoms with Crippen LogP contribution in [0.2, 0.25) is 0 Å². The predicted octanol–water partition coefficient (Wildman–Crippen LogP) is 0.768. The smallest absolute Gasteiger partial charge is 0.244 e. The summed E-state index contributed by atoms with van der Waals surface area (Å²) >= 11 is 0. The highest BCUT2D eigenvalue weighted by atomic mass is 32.2. The molecule has 0 radical (unpaired) electrons. The molecule has 94 valence electrons. The molecule has 1 aliphatic rings. The highest BCUT2D eigenvalue weighted by molar-refractivity contribution is 7.89. The van der Waals surface area contributed by atoms with E-state index in [0.717, 1.165) is 12.1 Å². The second-order valence-corrected chi connectivity index (χ2v) is 5.77. The van der Waals surface area contributed by atoms with Crippen molar-refractivity contribution < 1.29 is 22.3 Å². The van der Waals surface area contributed by atoms with E-state index in [0.29, 0.717) is 18.9 Å². The van der Waals surface area contributed by atoms with Crippen LogP contribution in [0.5, 0.6) is 0 Å². The molecule has 0 spiro atoms. The molecular weight excluding hydrogens is 252 g/mol. The maximum absolute atomic E-state index is 13.3. The largest absolute Gasteiger partial charge is 0.394 e. The SMILES string of the molecule is O=S(=O)(NC1(CO)CC1)c1ccc(F)cc1F. The van der Waals surface area contributed by atoms with Crippen molar-refractivity contribution in [3.8, 4) is 0 Å². The minimum absolute atomic E-state index is 0.338. The van der Waals surface area contributed by atoms with Gasteiger partial charge in [0.1, 0.15) is 16.5 Å². The van der Waals surface area contributed by atoms with Crippen LogP contribution in [0.3, 0.4) is 0 Å².